The summed E-state index contributed by atoms with van der Waals surface area (Å²) in [5, 5.41) is 13.7. The summed E-state index contributed by atoms with van der Waals surface area (Å²) in [4.78, 5) is 25.2. The largest absolute Gasteiger partial charge is 0.756 e. The Hall–Kier alpha value is -1.02. The second kappa shape index (κ2) is 37.6. The number of allylic oxidation sites excluding steroid dienone is 3. The quantitative estimate of drug-likeness (QED) is 0.0277. The van der Waals surface area contributed by atoms with E-state index in [0.717, 1.165) is 32.1 Å². The van der Waals surface area contributed by atoms with Gasteiger partial charge in [0.15, 0.2) is 0 Å². The van der Waals surface area contributed by atoms with Gasteiger partial charge in [0.2, 0.25) is 5.91 Å². The summed E-state index contributed by atoms with van der Waals surface area (Å²) < 4.78 is 23.1. The van der Waals surface area contributed by atoms with Crippen molar-refractivity contribution in [3.8, 4) is 0 Å². The second-order valence-corrected chi connectivity index (χ2v) is 18.2. The molecule has 0 aromatic heterocycles. The molecule has 0 rings (SSSR count). The lowest BCUT2D eigenvalue weighted by molar-refractivity contribution is -0.870. The number of carbonyl (C=O) groups is 1. The van der Waals surface area contributed by atoms with E-state index in [1.54, 1.807) is 12.2 Å². The van der Waals surface area contributed by atoms with Gasteiger partial charge < -0.3 is 28.8 Å². The van der Waals surface area contributed by atoms with Gasteiger partial charge in [-0.15, -0.1) is 0 Å². The molecule has 0 fully saturated rings. The first-order valence-corrected chi connectivity index (χ1v) is 24.2. The number of phosphoric ester groups is 1. The maximum absolute atomic E-state index is 12.8. The second-order valence-electron chi connectivity index (χ2n) is 16.8. The average Bonchev–Trinajstić information content (AvgIpc) is 3.12. The summed E-state index contributed by atoms with van der Waals surface area (Å²) >= 11 is 0. The minimum absolute atomic E-state index is 0.00740. The molecule has 1 amide bonds. The van der Waals surface area contributed by atoms with Crippen molar-refractivity contribution in [1.29, 1.82) is 0 Å². The van der Waals surface area contributed by atoms with Crippen molar-refractivity contribution >= 4 is 13.7 Å². The molecular formula is C45H89N2O6P. The summed E-state index contributed by atoms with van der Waals surface area (Å²) in [7, 11) is 1.24. The fourth-order valence-electron chi connectivity index (χ4n) is 6.56. The van der Waals surface area contributed by atoms with Crippen LogP contribution in [0.15, 0.2) is 24.3 Å². The molecular weight excluding hydrogens is 695 g/mol. The van der Waals surface area contributed by atoms with Gasteiger partial charge in [-0.05, 0) is 19.3 Å². The predicted molar refractivity (Wildman–Crippen MR) is 228 cm³/mol. The van der Waals surface area contributed by atoms with E-state index < -0.39 is 26.6 Å². The molecule has 8 nitrogen and oxygen atoms in total. The van der Waals surface area contributed by atoms with Crippen LogP contribution in [0.2, 0.25) is 0 Å². The molecule has 9 heteroatoms. The first kappa shape index (κ1) is 53.0. The Balaban J connectivity index is 4.18. The summed E-state index contributed by atoms with van der Waals surface area (Å²) in [5.41, 5.74) is 0. The van der Waals surface area contributed by atoms with Crippen LogP contribution in [0.25, 0.3) is 0 Å². The molecule has 0 heterocycles. The van der Waals surface area contributed by atoms with Crippen molar-refractivity contribution in [1.82, 2.24) is 5.32 Å². The van der Waals surface area contributed by atoms with Gasteiger partial charge in [-0.1, -0.05) is 205 Å². The summed E-state index contributed by atoms with van der Waals surface area (Å²) in [5.74, 6) is -0.214. The Morgan fingerprint density at radius 1 is 0.648 bits per heavy atom. The number of nitrogens with one attached hydrogen (secondary N) is 1. The molecule has 3 atom stereocenters. The van der Waals surface area contributed by atoms with Crippen LogP contribution >= 0.6 is 7.82 Å². The molecule has 0 saturated carbocycles. The summed E-state index contributed by atoms with van der Waals surface area (Å²) in [6, 6.07) is -0.912. The number of likely N-dealkylation sites (N-methyl/N-ethyl adjacent to an activating group) is 1. The monoisotopic (exact) mass is 785 g/mol. The first-order valence-electron chi connectivity index (χ1n) is 22.7. The highest BCUT2D eigenvalue weighted by Crippen LogP contribution is 2.38. The standard InChI is InChI=1S/C45H89N2O6P/c1-6-8-10-12-14-16-17-18-19-20-21-22-23-24-25-26-27-28-29-31-33-35-37-39-45(49)46-43(42-53-54(50,51)52-41-40-47(3,4)5)44(48)38-36-34-32-30-15-13-11-9-7-2/h32,34,36,38,43-44,48H,6-31,33,35,37,39-42H2,1-5H3,(H-,46,49,50,51)/b34-32+,38-36+/t43-,44+/m0/s1. The molecule has 54 heavy (non-hydrogen) atoms. The predicted octanol–water partition coefficient (Wildman–Crippen LogP) is 11.9. The highest BCUT2D eigenvalue weighted by molar-refractivity contribution is 7.45. The van der Waals surface area contributed by atoms with Crippen LogP contribution in [-0.2, 0) is 18.4 Å². The van der Waals surface area contributed by atoms with Crippen molar-refractivity contribution in [3.63, 3.8) is 0 Å². The Morgan fingerprint density at radius 2 is 1.06 bits per heavy atom. The maximum atomic E-state index is 12.8. The number of nitrogens with zero attached hydrogens (tertiary/aromatic N) is 1. The summed E-state index contributed by atoms with van der Waals surface area (Å²) in [6.07, 6.45) is 44.0. The van der Waals surface area contributed by atoms with E-state index in [0.29, 0.717) is 17.4 Å². The molecule has 0 saturated heterocycles. The molecule has 0 aliphatic heterocycles. The van der Waals surface area contributed by atoms with Crippen molar-refractivity contribution in [2.45, 2.75) is 219 Å². The van der Waals surface area contributed by atoms with Gasteiger partial charge in [-0.2, -0.15) is 0 Å². The van der Waals surface area contributed by atoms with Crippen molar-refractivity contribution in [2.24, 2.45) is 0 Å². The fraction of sp³-hybridized carbons (Fsp3) is 0.889. The molecule has 0 aromatic rings. The van der Waals surface area contributed by atoms with E-state index >= 15 is 0 Å². The third-order valence-corrected chi connectivity index (χ3v) is 11.2. The van der Waals surface area contributed by atoms with Gasteiger partial charge in [-0.25, -0.2) is 0 Å². The van der Waals surface area contributed by atoms with Crippen molar-refractivity contribution in [2.75, 3.05) is 40.9 Å². The molecule has 0 aliphatic carbocycles. The van der Waals surface area contributed by atoms with E-state index in [4.69, 9.17) is 9.05 Å². The van der Waals surface area contributed by atoms with E-state index in [-0.39, 0.29) is 12.5 Å². The molecule has 0 bridgehead atoms. The fourth-order valence-corrected chi connectivity index (χ4v) is 7.29. The van der Waals surface area contributed by atoms with E-state index in [9.17, 15) is 19.4 Å². The minimum Gasteiger partial charge on any atom is -0.756 e. The first-order chi connectivity index (χ1) is 26.0. The summed E-state index contributed by atoms with van der Waals surface area (Å²) in [6.45, 7) is 4.57. The SMILES string of the molecule is CCCCCCC/C=C/C=C/[C@@H](O)[C@H](COP(=O)([O-])OCC[N+](C)(C)C)NC(=O)CCCCCCCCCCCCCCCCCCCCCCCCC. The number of aliphatic hydroxyl groups is 1. The number of amides is 1. The topological polar surface area (TPSA) is 108 Å². The van der Waals surface area contributed by atoms with Gasteiger partial charge in [0.05, 0.1) is 39.9 Å². The highest BCUT2D eigenvalue weighted by Gasteiger charge is 2.23. The minimum atomic E-state index is -4.59. The normalized spacial score (nSPS) is 14.6. The zero-order valence-electron chi connectivity index (χ0n) is 36.2. The Labute approximate surface area is 334 Å². The third kappa shape index (κ3) is 39.2. The van der Waals surface area contributed by atoms with Crippen molar-refractivity contribution < 1.29 is 32.9 Å². The molecule has 320 valence electrons. The number of phosphoric acid groups is 1. The van der Waals surface area contributed by atoms with Crippen LogP contribution < -0.4 is 10.2 Å². The van der Waals surface area contributed by atoms with Crippen LogP contribution in [0.3, 0.4) is 0 Å². The number of carbonyl (C=O) groups excluding carboxylic acids is 1. The molecule has 0 radical (unpaired) electrons. The van der Waals surface area contributed by atoms with Crippen LogP contribution in [0.5, 0.6) is 0 Å². The molecule has 1 unspecified atom stereocenters. The van der Waals surface area contributed by atoms with E-state index in [2.05, 4.69) is 25.2 Å². The van der Waals surface area contributed by atoms with Gasteiger partial charge in [0.25, 0.3) is 7.82 Å². The number of quaternary nitrogens is 1. The van der Waals surface area contributed by atoms with Crippen LogP contribution in [-0.4, -0.2) is 68.5 Å². The molecule has 0 aliphatic rings. The number of aliphatic hydroxyl groups excluding tert-OH is 1. The maximum Gasteiger partial charge on any atom is 0.268 e. The van der Waals surface area contributed by atoms with Crippen LogP contribution in [0.4, 0.5) is 0 Å². The Morgan fingerprint density at radius 3 is 1.48 bits per heavy atom. The molecule has 0 aromatic carbocycles. The number of hydrogen-bond donors (Lipinski definition) is 2. The van der Waals surface area contributed by atoms with Crippen LogP contribution in [0.1, 0.15) is 206 Å². The average molecular weight is 785 g/mol. The number of hydrogen-bond acceptors (Lipinski definition) is 6. The molecule has 2 N–H and O–H groups in total. The van der Waals surface area contributed by atoms with Gasteiger partial charge in [-0.3, -0.25) is 9.36 Å². The van der Waals surface area contributed by atoms with Gasteiger partial charge in [0, 0.05) is 6.42 Å². The number of rotatable bonds is 41. The molecule has 0 spiro atoms. The Bertz CT molecular complexity index is 938. The highest BCUT2D eigenvalue weighted by atomic mass is 31.2. The van der Waals surface area contributed by atoms with Gasteiger partial charge in [0.1, 0.15) is 13.2 Å². The lowest BCUT2D eigenvalue weighted by atomic mass is 10.0. The van der Waals surface area contributed by atoms with E-state index in [1.165, 1.54) is 154 Å². The third-order valence-electron chi connectivity index (χ3n) is 10.2. The van der Waals surface area contributed by atoms with E-state index in [1.807, 2.05) is 27.2 Å². The zero-order chi connectivity index (χ0) is 40.0. The Kier molecular flexibility index (Phi) is 36.8. The van der Waals surface area contributed by atoms with Crippen LogP contribution in [0, 0.1) is 0 Å². The number of unbranched alkanes of at least 4 members (excludes halogenated alkanes) is 27. The lowest BCUT2D eigenvalue weighted by Gasteiger charge is -2.29. The zero-order valence-corrected chi connectivity index (χ0v) is 37.1. The smallest absolute Gasteiger partial charge is 0.268 e. The van der Waals surface area contributed by atoms with Gasteiger partial charge >= 0.3 is 0 Å². The lowest BCUT2D eigenvalue weighted by Crippen LogP contribution is -2.45. The van der Waals surface area contributed by atoms with Crippen molar-refractivity contribution in [3.05, 3.63) is 24.3 Å².